The molecule has 0 fully saturated rings. The zero-order chi connectivity index (χ0) is 10.4. The third-order valence-electron chi connectivity index (χ3n) is 2.27. The maximum absolute atomic E-state index is 5.73. The van der Waals surface area contributed by atoms with Gasteiger partial charge in [-0.25, -0.2) is 0 Å². The van der Waals surface area contributed by atoms with Crippen LogP contribution in [0.4, 0.5) is 0 Å². The quantitative estimate of drug-likeness (QED) is 0.741. The van der Waals surface area contributed by atoms with Crippen LogP contribution >= 0.6 is 22.9 Å². The predicted octanol–water partition coefficient (Wildman–Crippen LogP) is 3.29. The van der Waals surface area contributed by atoms with Crippen molar-refractivity contribution in [2.75, 3.05) is 12.4 Å². The van der Waals surface area contributed by atoms with E-state index in [0.29, 0.717) is 0 Å². The maximum atomic E-state index is 5.73. The van der Waals surface area contributed by atoms with Gasteiger partial charge in [0.05, 0.1) is 0 Å². The van der Waals surface area contributed by atoms with Crippen molar-refractivity contribution >= 4 is 22.9 Å². The van der Waals surface area contributed by atoms with E-state index in [9.17, 15) is 0 Å². The molecule has 3 heteroatoms. The van der Waals surface area contributed by atoms with Gasteiger partial charge in [-0.15, -0.1) is 22.9 Å². The minimum atomic E-state index is 0.166. The summed E-state index contributed by atoms with van der Waals surface area (Å²) in [5, 5.41) is 5.64. The fourth-order valence-electron chi connectivity index (χ4n) is 1.30. The average molecular weight is 232 g/mol. The number of nitrogens with one attached hydrogen (secondary N) is 1. The molecule has 0 aromatic carbocycles. The van der Waals surface area contributed by atoms with E-state index in [2.05, 4.69) is 36.7 Å². The molecule has 1 heterocycles. The van der Waals surface area contributed by atoms with Gasteiger partial charge in [-0.3, -0.25) is 0 Å². The molecule has 0 spiro atoms. The summed E-state index contributed by atoms with van der Waals surface area (Å²) >= 11 is 7.55. The number of hydrogen-bond acceptors (Lipinski definition) is 2. The highest BCUT2D eigenvalue weighted by Gasteiger charge is 2.14. The van der Waals surface area contributed by atoms with Crippen LogP contribution in [0.25, 0.3) is 0 Å². The van der Waals surface area contributed by atoms with E-state index in [1.54, 1.807) is 0 Å². The molecule has 0 aliphatic rings. The fraction of sp³-hybridized carbons (Fsp3) is 0.636. The van der Waals surface area contributed by atoms with E-state index in [-0.39, 0.29) is 5.54 Å². The zero-order valence-corrected chi connectivity index (χ0v) is 10.4. The summed E-state index contributed by atoms with van der Waals surface area (Å²) in [7, 11) is 0. The van der Waals surface area contributed by atoms with Gasteiger partial charge in [-0.05, 0) is 38.1 Å². The summed E-state index contributed by atoms with van der Waals surface area (Å²) in [4.78, 5) is 1.44. The highest BCUT2D eigenvalue weighted by Crippen LogP contribution is 2.11. The topological polar surface area (TPSA) is 12.0 Å². The molecule has 1 N–H and O–H groups in total. The fourth-order valence-corrected chi connectivity index (χ4v) is 2.48. The van der Waals surface area contributed by atoms with Crippen LogP contribution in [0.5, 0.6) is 0 Å². The number of thiophene rings is 1. The minimum absolute atomic E-state index is 0.166. The van der Waals surface area contributed by atoms with Crippen molar-refractivity contribution in [2.45, 2.75) is 32.2 Å². The Morgan fingerprint density at radius 2 is 2.29 bits per heavy atom. The van der Waals surface area contributed by atoms with E-state index in [1.807, 2.05) is 11.3 Å². The van der Waals surface area contributed by atoms with Crippen molar-refractivity contribution in [1.82, 2.24) is 5.32 Å². The Bertz CT molecular complexity index is 244. The molecule has 80 valence electrons. The minimum Gasteiger partial charge on any atom is -0.311 e. The molecule has 0 saturated heterocycles. The summed E-state index contributed by atoms with van der Waals surface area (Å²) in [5.41, 5.74) is 0.166. The maximum Gasteiger partial charge on any atom is 0.0240 e. The summed E-state index contributed by atoms with van der Waals surface area (Å²) in [6, 6.07) is 4.28. The van der Waals surface area contributed by atoms with Crippen LogP contribution in [-0.4, -0.2) is 18.0 Å². The lowest BCUT2D eigenvalue weighted by atomic mass is 10.0. The molecule has 0 amide bonds. The lowest BCUT2D eigenvalue weighted by Gasteiger charge is -2.25. The molecule has 1 rings (SSSR count). The van der Waals surface area contributed by atoms with Crippen LogP contribution in [-0.2, 0) is 6.42 Å². The number of rotatable bonds is 6. The van der Waals surface area contributed by atoms with Crippen LogP contribution < -0.4 is 5.32 Å². The highest BCUT2D eigenvalue weighted by atomic mass is 35.5. The van der Waals surface area contributed by atoms with Crippen molar-refractivity contribution in [3.05, 3.63) is 22.4 Å². The van der Waals surface area contributed by atoms with Crippen LogP contribution in [0, 0.1) is 0 Å². The molecular weight excluding hydrogens is 214 g/mol. The van der Waals surface area contributed by atoms with Crippen molar-refractivity contribution in [2.24, 2.45) is 0 Å². The van der Waals surface area contributed by atoms with Gasteiger partial charge >= 0.3 is 0 Å². The SMILES string of the molecule is CC(C)(CCCl)NCCc1cccs1. The first-order valence-corrected chi connectivity index (χ1v) is 6.39. The third kappa shape index (κ3) is 4.45. The van der Waals surface area contributed by atoms with Crippen LogP contribution in [0.1, 0.15) is 25.1 Å². The van der Waals surface area contributed by atoms with Gasteiger partial charge in [-0.2, -0.15) is 0 Å². The molecule has 0 saturated carbocycles. The van der Waals surface area contributed by atoms with Gasteiger partial charge in [0, 0.05) is 22.8 Å². The molecule has 0 atom stereocenters. The van der Waals surface area contributed by atoms with Crippen molar-refractivity contribution in [3.63, 3.8) is 0 Å². The second-order valence-corrected chi connectivity index (χ2v) is 5.49. The molecule has 1 aromatic rings. The summed E-state index contributed by atoms with van der Waals surface area (Å²) in [6.07, 6.45) is 2.13. The van der Waals surface area contributed by atoms with E-state index in [0.717, 1.165) is 25.3 Å². The Morgan fingerprint density at radius 1 is 1.50 bits per heavy atom. The Labute approximate surface area is 95.5 Å². The molecule has 0 bridgehead atoms. The van der Waals surface area contributed by atoms with Gasteiger partial charge in [0.25, 0.3) is 0 Å². The normalized spacial score (nSPS) is 11.9. The Morgan fingerprint density at radius 3 is 2.86 bits per heavy atom. The Balaban J connectivity index is 2.20. The lowest BCUT2D eigenvalue weighted by Crippen LogP contribution is -2.40. The first-order valence-electron chi connectivity index (χ1n) is 4.97. The van der Waals surface area contributed by atoms with E-state index >= 15 is 0 Å². The second-order valence-electron chi connectivity index (χ2n) is 4.08. The molecule has 1 nitrogen and oxygen atoms in total. The number of alkyl halides is 1. The van der Waals surface area contributed by atoms with Gasteiger partial charge in [0.15, 0.2) is 0 Å². The molecule has 1 aromatic heterocycles. The molecule has 14 heavy (non-hydrogen) atoms. The molecule has 0 aliphatic heterocycles. The van der Waals surface area contributed by atoms with Gasteiger partial charge in [-0.1, -0.05) is 6.07 Å². The third-order valence-corrected chi connectivity index (χ3v) is 3.40. The second kappa shape index (κ2) is 5.74. The number of halogens is 1. The molecular formula is C11H18ClNS. The van der Waals surface area contributed by atoms with E-state index < -0.39 is 0 Å². The summed E-state index contributed by atoms with van der Waals surface area (Å²) in [6.45, 7) is 5.43. The van der Waals surface area contributed by atoms with Gasteiger partial charge < -0.3 is 5.32 Å². The predicted molar refractivity (Wildman–Crippen MR) is 65.4 cm³/mol. The van der Waals surface area contributed by atoms with Gasteiger partial charge in [0.2, 0.25) is 0 Å². The first kappa shape index (κ1) is 12.0. The molecule has 0 aliphatic carbocycles. The smallest absolute Gasteiger partial charge is 0.0240 e. The average Bonchev–Trinajstić information content (AvgIpc) is 2.56. The standard InChI is InChI=1S/C11H18ClNS/c1-11(2,6-7-12)13-8-5-10-4-3-9-14-10/h3-4,9,13H,5-8H2,1-2H3. The van der Waals surface area contributed by atoms with Crippen molar-refractivity contribution in [1.29, 1.82) is 0 Å². The summed E-state index contributed by atoms with van der Waals surface area (Å²) < 4.78 is 0. The monoisotopic (exact) mass is 231 g/mol. The van der Waals surface area contributed by atoms with Crippen molar-refractivity contribution < 1.29 is 0 Å². The largest absolute Gasteiger partial charge is 0.311 e. The van der Waals surface area contributed by atoms with Gasteiger partial charge in [0.1, 0.15) is 0 Å². The summed E-state index contributed by atoms with van der Waals surface area (Å²) in [5.74, 6) is 0.721. The van der Waals surface area contributed by atoms with Crippen LogP contribution in [0.3, 0.4) is 0 Å². The Hall–Kier alpha value is -0.0500. The molecule has 0 unspecified atom stereocenters. The number of hydrogen-bond donors (Lipinski definition) is 1. The Kier molecular flexibility index (Phi) is 4.93. The van der Waals surface area contributed by atoms with E-state index in [4.69, 9.17) is 11.6 Å². The molecule has 0 radical (unpaired) electrons. The zero-order valence-electron chi connectivity index (χ0n) is 8.85. The first-order chi connectivity index (χ1) is 6.64. The highest BCUT2D eigenvalue weighted by molar-refractivity contribution is 7.09. The lowest BCUT2D eigenvalue weighted by molar-refractivity contribution is 0.382. The van der Waals surface area contributed by atoms with E-state index in [1.165, 1.54) is 4.88 Å². The van der Waals surface area contributed by atoms with Crippen LogP contribution in [0.15, 0.2) is 17.5 Å². The van der Waals surface area contributed by atoms with Crippen molar-refractivity contribution in [3.8, 4) is 0 Å². The van der Waals surface area contributed by atoms with Crippen LogP contribution in [0.2, 0.25) is 0 Å².